The minimum atomic E-state index is -2.33. The highest BCUT2D eigenvalue weighted by molar-refractivity contribution is 4.83. The molecule has 0 amide bonds. The second kappa shape index (κ2) is 5.61. The summed E-state index contributed by atoms with van der Waals surface area (Å²) in [5, 5.41) is 12.7. The fraction of sp³-hybridized carbons (Fsp3) is 1.00. The number of nitrogens with one attached hydrogen (secondary N) is 1. The highest BCUT2D eigenvalue weighted by Gasteiger charge is 2.27. The van der Waals surface area contributed by atoms with Crippen LogP contribution in [0.15, 0.2) is 0 Å². The van der Waals surface area contributed by atoms with Crippen molar-refractivity contribution < 1.29 is 13.9 Å². The standard InChI is InChI=1S/C10H19F2NO/c11-9(12)7-13-8-10(14)5-3-1-2-4-6-10/h9,13-14H,1-8H2. The lowest BCUT2D eigenvalue weighted by atomic mass is 9.94. The number of halogens is 2. The van der Waals surface area contributed by atoms with E-state index in [4.69, 9.17) is 0 Å². The summed E-state index contributed by atoms with van der Waals surface area (Å²) in [6.45, 7) is -0.0142. The van der Waals surface area contributed by atoms with Gasteiger partial charge in [-0.25, -0.2) is 8.78 Å². The van der Waals surface area contributed by atoms with Crippen LogP contribution in [0.25, 0.3) is 0 Å². The topological polar surface area (TPSA) is 32.3 Å². The predicted molar refractivity (Wildman–Crippen MR) is 51.5 cm³/mol. The van der Waals surface area contributed by atoms with E-state index in [2.05, 4.69) is 5.32 Å². The number of aliphatic hydroxyl groups is 1. The van der Waals surface area contributed by atoms with E-state index in [1.54, 1.807) is 0 Å². The smallest absolute Gasteiger partial charge is 0.250 e. The maximum absolute atomic E-state index is 11.8. The first kappa shape index (κ1) is 11.9. The van der Waals surface area contributed by atoms with Gasteiger partial charge in [0.15, 0.2) is 0 Å². The first-order valence-corrected chi connectivity index (χ1v) is 5.34. The minimum Gasteiger partial charge on any atom is -0.389 e. The third-order valence-electron chi connectivity index (χ3n) is 2.79. The summed E-state index contributed by atoms with van der Waals surface area (Å²) in [6.07, 6.45) is 3.46. The second-order valence-corrected chi connectivity index (χ2v) is 4.16. The third-order valence-corrected chi connectivity index (χ3v) is 2.79. The number of hydrogen-bond acceptors (Lipinski definition) is 2. The van der Waals surface area contributed by atoms with E-state index in [1.165, 1.54) is 0 Å². The normalized spacial score (nSPS) is 22.3. The Labute approximate surface area is 83.7 Å². The van der Waals surface area contributed by atoms with Crippen molar-refractivity contribution >= 4 is 0 Å². The van der Waals surface area contributed by atoms with Crippen LogP contribution in [0.3, 0.4) is 0 Å². The molecule has 2 nitrogen and oxygen atoms in total. The van der Waals surface area contributed by atoms with Gasteiger partial charge in [-0.3, -0.25) is 0 Å². The van der Waals surface area contributed by atoms with Crippen molar-refractivity contribution in [3.63, 3.8) is 0 Å². The lowest BCUT2D eigenvalue weighted by Gasteiger charge is -2.26. The average molecular weight is 207 g/mol. The second-order valence-electron chi connectivity index (χ2n) is 4.16. The summed E-state index contributed by atoms with van der Waals surface area (Å²) < 4.78 is 23.7. The Kier molecular flexibility index (Phi) is 4.75. The van der Waals surface area contributed by atoms with E-state index in [0.29, 0.717) is 6.54 Å². The van der Waals surface area contributed by atoms with Crippen molar-refractivity contribution in [3.05, 3.63) is 0 Å². The van der Waals surface area contributed by atoms with Crippen LogP contribution in [0, 0.1) is 0 Å². The molecule has 84 valence electrons. The summed E-state index contributed by atoms with van der Waals surface area (Å²) in [7, 11) is 0. The fourth-order valence-corrected chi connectivity index (χ4v) is 1.98. The summed E-state index contributed by atoms with van der Waals surface area (Å²) in [5.74, 6) is 0. The SMILES string of the molecule is OC1(CNCC(F)F)CCCCCC1. The lowest BCUT2D eigenvalue weighted by molar-refractivity contribution is 0.0211. The summed E-state index contributed by atoms with van der Waals surface area (Å²) >= 11 is 0. The summed E-state index contributed by atoms with van der Waals surface area (Å²) in [4.78, 5) is 0. The lowest BCUT2D eigenvalue weighted by Crippen LogP contribution is -2.41. The van der Waals surface area contributed by atoms with Crippen molar-refractivity contribution in [1.82, 2.24) is 5.32 Å². The largest absolute Gasteiger partial charge is 0.389 e. The molecular formula is C10H19F2NO. The number of alkyl halides is 2. The van der Waals surface area contributed by atoms with Gasteiger partial charge in [0.1, 0.15) is 0 Å². The van der Waals surface area contributed by atoms with Gasteiger partial charge in [0.05, 0.1) is 12.1 Å². The van der Waals surface area contributed by atoms with Gasteiger partial charge >= 0.3 is 0 Å². The van der Waals surface area contributed by atoms with Crippen LogP contribution in [-0.4, -0.2) is 30.2 Å². The van der Waals surface area contributed by atoms with Crippen molar-refractivity contribution in [3.8, 4) is 0 Å². The predicted octanol–water partition coefficient (Wildman–Crippen LogP) is 1.93. The molecule has 1 saturated carbocycles. The highest BCUT2D eigenvalue weighted by Crippen LogP contribution is 2.26. The molecule has 0 saturated heterocycles. The van der Waals surface area contributed by atoms with Crippen LogP contribution >= 0.6 is 0 Å². The van der Waals surface area contributed by atoms with Crippen LogP contribution < -0.4 is 5.32 Å². The van der Waals surface area contributed by atoms with Gasteiger partial charge in [-0.2, -0.15) is 0 Å². The molecule has 0 aromatic heterocycles. The summed E-state index contributed by atoms with van der Waals surface area (Å²) in [6, 6.07) is 0. The zero-order chi connectivity index (χ0) is 10.4. The minimum absolute atomic E-state index is 0.303. The zero-order valence-corrected chi connectivity index (χ0v) is 8.44. The average Bonchev–Trinajstić information content (AvgIpc) is 2.30. The van der Waals surface area contributed by atoms with Gasteiger partial charge in [0.2, 0.25) is 0 Å². The molecule has 1 aliphatic carbocycles. The van der Waals surface area contributed by atoms with E-state index in [9.17, 15) is 13.9 Å². The molecule has 0 bridgehead atoms. The van der Waals surface area contributed by atoms with E-state index in [-0.39, 0.29) is 6.54 Å². The number of hydrogen-bond donors (Lipinski definition) is 2. The van der Waals surface area contributed by atoms with Gasteiger partial charge in [-0.05, 0) is 12.8 Å². The zero-order valence-electron chi connectivity index (χ0n) is 8.44. The summed E-state index contributed by atoms with van der Waals surface area (Å²) in [5.41, 5.74) is -0.745. The van der Waals surface area contributed by atoms with E-state index in [1.807, 2.05) is 0 Å². The van der Waals surface area contributed by atoms with Crippen molar-refractivity contribution in [2.45, 2.75) is 50.6 Å². The van der Waals surface area contributed by atoms with Crippen LogP contribution in [0.4, 0.5) is 8.78 Å². The molecule has 4 heteroatoms. The molecule has 1 fully saturated rings. The molecule has 0 aromatic carbocycles. The molecule has 1 rings (SSSR count). The van der Waals surface area contributed by atoms with Crippen molar-refractivity contribution in [1.29, 1.82) is 0 Å². The van der Waals surface area contributed by atoms with Crippen LogP contribution in [0.2, 0.25) is 0 Å². The molecule has 0 spiro atoms. The van der Waals surface area contributed by atoms with E-state index >= 15 is 0 Å². The van der Waals surface area contributed by atoms with Gasteiger partial charge < -0.3 is 10.4 Å². The van der Waals surface area contributed by atoms with Gasteiger partial charge in [0.25, 0.3) is 6.43 Å². The molecule has 0 atom stereocenters. The van der Waals surface area contributed by atoms with Crippen LogP contribution in [0.1, 0.15) is 38.5 Å². The van der Waals surface area contributed by atoms with Crippen LogP contribution in [0.5, 0.6) is 0 Å². The Hall–Kier alpha value is -0.220. The Morgan fingerprint density at radius 2 is 1.71 bits per heavy atom. The van der Waals surface area contributed by atoms with Crippen LogP contribution in [-0.2, 0) is 0 Å². The first-order valence-electron chi connectivity index (χ1n) is 5.34. The molecule has 0 aromatic rings. The first-order chi connectivity index (χ1) is 6.62. The Bertz CT molecular complexity index is 156. The molecule has 14 heavy (non-hydrogen) atoms. The molecule has 1 aliphatic rings. The van der Waals surface area contributed by atoms with Gasteiger partial charge in [-0.15, -0.1) is 0 Å². The Morgan fingerprint density at radius 3 is 2.21 bits per heavy atom. The molecule has 2 N–H and O–H groups in total. The monoisotopic (exact) mass is 207 g/mol. The Morgan fingerprint density at radius 1 is 1.14 bits per heavy atom. The Balaban J connectivity index is 2.24. The third kappa shape index (κ3) is 4.33. The molecule has 0 radical (unpaired) electrons. The molecular weight excluding hydrogens is 188 g/mol. The molecule has 0 heterocycles. The maximum atomic E-state index is 11.8. The van der Waals surface area contributed by atoms with Gasteiger partial charge in [-0.1, -0.05) is 25.7 Å². The quantitative estimate of drug-likeness (QED) is 0.690. The fourth-order valence-electron chi connectivity index (χ4n) is 1.98. The highest BCUT2D eigenvalue weighted by atomic mass is 19.3. The van der Waals surface area contributed by atoms with Crippen molar-refractivity contribution in [2.24, 2.45) is 0 Å². The van der Waals surface area contributed by atoms with E-state index in [0.717, 1.165) is 38.5 Å². The van der Waals surface area contributed by atoms with Gasteiger partial charge in [0, 0.05) is 6.54 Å². The van der Waals surface area contributed by atoms with E-state index < -0.39 is 12.0 Å². The number of rotatable bonds is 4. The molecule has 0 aliphatic heterocycles. The molecule has 0 unspecified atom stereocenters. The maximum Gasteiger partial charge on any atom is 0.250 e. The van der Waals surface area contributed by atoms with Crippen molar-refractivity contribution in [2.75, 3.05) is 13.1 Å².